The molecule has 0 bridgehead atoms. The normalized spacial score (nSPS) is 31.3. The molecule has 0 aromatic carbocycles. The van der Waals surface area contributed by atoms with Gasteiger partial charge in [-0.15, -0.1) is 0 Å². The fourth-order valence-electron chi connectivity index (χ4n) is 4.31. The average Bonchev–Trinajstić information content (AvgIpc) is 3.51. The molecule has 182 valence electrons. The second kappa shape index (κ2) is 12.7. The number of rotatable bonds is 15. The lowest BCUT2D eigenvalue weighted by Crippen LogP contribution is -2.49. The van der Waals surface area contributed by atoms with Crippen LogP contribution in [0.5, 0.6) is 5.75 Å². The van der Waals surface area contributed by atoms with E-state index < -0.39 is 5.95 Å². The van der Waals surface area contributed by atoms with Crippen LogP contribution in [0.3, 0.4) is 0 Å². The van der Waals surface area contributed by atoms with Gasteiger partial charge >= 0.3 is 0 Å². The summed E-state index contributed by atoms with van der Waals surface area (Å²) >= 11 is 0. The van der Waals surface area contributed by atoms with Gasteiger partial charge in [-0.25, -0.2) is 4.98 Å². The fraction of sp³-hybridized carbons (Fsp3) is 0.773. The number of aromatic nitrogens is 1. The predicted molar refractivity (Wildman–Crippen MR) is 113 cm³/mol. The average molecular weight is 459 g/mol. The zero-order valence-corrected chi connectivity index (χ0v) is 19.3. The van der Waals surface area contributed by atoms with Gasteiger partial charge < -0.3 is 33.2 Å². The molecule has 7 atom stereocenters. The van der Waals surface area contributed by atoms with Gasteiger partial charge in [0, 0.05) is 26.5 Å². The molecule has 0 spiro atoms. The number of likely N-dealkylation sites (tertiary alicyclic amines) is 1. The molecule has 1 aliphatic carbocycles. The third-order valence-corrected chi connectivity index (χ3v) is 6.22. The van der Waals surface area contributed by atoms with E-state index in [1.54, 1.807) is 26.4 Å². The van der Waals surface area contributed by atoms with E-state index in [2.05, 4.69) is 23.7 Å². The number of hydrogen-bond donors (Lipinski definition) is 0. The van der Waals surface area contributed by atoms with E-state index in [1.165, 1.54) is 6.20 Å². The molecular weight excluding hydrogens is 423 g/mol. The molecule has 0 radical (unpaired) electrons. The van der Waals surface area contributed by atoms with Crippen LogP contribution in [0.1, 0.15) is 13.8 Å². The van der Waals surface area contributed by atoms with Gasteiger partial charge in [0.05, 0.1) is 38.6 Å². The van der Waals surface area contributed by atoms with Crippen molar-refractivity contribution in [1.29, 1.82) is 0 Å². The topological polar surface area (TPSA) is 80.5 Å². The van der Waals surface area contributed by atoms with Crippen molar-refractivity contribution in [2.45, 2.75) is 38.1 Å². The van der Waals surface area contributed by atoms with Crippen LogP contribution in [0.15, 0.2) is 18.3 Å². The summed E-state index contributed by atoms with van der Waals surface area (Å²) in [6.45, 7) is 6.80. The third-order valence-electron chi connectivity index (χ3n) is 6.22. The highest BCUT2D eigenvalue weighted by atomic mass is 19.1. The number of fused-ring (bicyclic) bond motifs is 1. The van der Waals surface area contributed by atoms with Gasteiger partial charge in [0.25, 0.3) is 5.95 Å². The highest BCUT2D eigenvalue weighted by molar-refractivity contribution is 5.19. The van der Waals surface area contributed by atoms with Crippen LogP contribution < -0.4 is 4.74 Å². The molecule has 32 heavy (non-hydrogen) atoms. The molecule has 2 aliphatic rings. The molecule has 0 amide bonds. The van der Waals surface area contributed by atoms with Crippen LogP contribution in [0.2, 0.25) is 0 Å². The molecule has 1 aromatic heterocycles. The van der Waals surface area contributed by atoms with Gasteiger partial charge in [-0.1, -0.05) is 13.8 Å². The Hall–Kier alpha value is -1.40. The minimum absolute atomic E-state index is 0.0796. The quantitative estimate of drug-likeness (QED) is 0.169. The van der Waals surface area contributed by atoms with Crippen molar-refractivity contribution in [3.63, 3.8) is 0 Å². The van der Waals surface area contributed by atoms with Crippen molar-refractivity contribution in [3.8, 4) is 5.75 Å². The second-order valence-electron chi connectivity index (χ2n) is 8.08. The van der Waals surface area contributed by atoms with E-state index in [0.29, 0.717) is 32.3 Å². The van der Waals surface area contributed by atoms with Gasteiger partial charge in [0.15, 0.2) is 5.75 Å². The largest absolute Gasteiger partial charge is 0.473 e. The maximum Gasteiger partial charge on any atom is 0.255 e. The SMILES string of the molecule is COCCOCO[C@@H]1[C@@H](OCOCCOC)[C@H](C)[C@@H](C)[C@H]2[C@@H]1N2COc1cccnc1F. The van der Waals surface area contributed by atoms with Crippen molar-refractivity contribution in [1.82, 2.24) is 9.88 Å². The number of halogens is 1. The third kappa shape index (κ3) is 6.34. The smallest absolute Gasteiger partial charge is 0.255 e. The van der Waals surface area contributed by atoms with E-state index in [1.807, 2.05) is 0 Å². The lowest BCUT2D eigenvalue weighted by Gasteiger charge is -2.38. The van der Waals surface area contributed by atoms with Gasteiger partial charge in [-0.05, 0) is 24.0 Å². The van der Waals surface area contributed by atoms with Gasteiger partial charge in [-0.2, -0.15) is 4.39 Å². The zero-order chi connectivity index (χ0) is 22.9. The summed E-state index contributed by atoms with van der Waals surface area (Å²) in [4.78, 5) is 5.81. The monoisotopic (exact) mass is 458 g/mol. The minimum Gasteiger partial charge on any atom is -0.473 e. The van der Waals surface area contributed by atoms with Crippen LogP contribution in [-0.4, -0.2) is 95.1 Å². The van der Waals surface area contributed by atoms with Gasteiger partial charge in [0.1, 0.15) is 26.4 Å². The summed E-state index contributed by atoms with van der Waals surface area (Å²) in [6, 6.07) is 3.55. The molecule has 1 saturated heterocycles. The Morgan fingerprint density at radius 3 is 2.19 bits per heavy atom. The Morgan fingerprint density at radius 1 is 0.906 bits per heavy atom. The molecule has 10 heteroatoms. The Morgan fingerprint density at radius 2 is 1.56 bits per heavy atom. The molecule has 9 nitrogen and oxygen atoms in total. The van der Waals surface area contributed by atoms with Crippen molar-refractivity contribution in [2.24, 2.45) is 11.8 Å². The Balaban J connectivity index is 1.61. The van der Waals surface area contributed by atoms with E-state index in [9.17, 15) is 4.39 Å². The van der Waals surface area contributed by atoms with E-state index in [4.69, 9.17) is 33.2 Å². The summed E-state index contributed by atoms with van der Waals surface area (Å²) in [7, 11) is 3.25. The second-order valence-corrected chi connectivity index (χ2v) is 8.08. The molecular formula is C22H35FN2O7. The van der Waals surface area contributed by atoms with Crippen LogP contribution in [0, 0.1) is 17.8 Å². The Kier molecular flexibility index (Phi) is 10.0. The Labute approximate surface area is 189 Å². The number of nitrogens with zero attached hydrogens (tertiary/aromatic N) is 2. The van der Waals surface area contributed by atoms with Crippen LogP contribution in [0.4, 0.5) is 4.39 Å². The summed E-state index contributed by atoms with van der Waals surface area (Å²) in [6.07, 6.45) is 0.981. The predicted octanol–water partition coefficient (Wildman–Crippen LogP) is 1.91. The first-order valence-electron chi connectivity index (χ1n) is 11.0. The molecule has 1 saturated carbocycles. The van der Waals surface area contributed by atoms with Crippen molar-refractivity contribution in [3.05, 3.63) is 24.3 Å². The number of methoxy groups -OCH3 is 2. The number of ether oxygens (including phenoxy) is 7. The van der Waals surface area contributed by atoms with Crippen LogP contribution >= 0.6 is 0 Å². The highest BCUT2D eigenvalue weighted by Gasteiger charge is 2.63. The molecule has 1 aromatic rings. The maximum absolute atomic E-state index is 13.9. The van der Waals surface area contributed by atoms with Crippen LogP contribution in [0.25, 0.3) is 0 Å². The van der Waals surface area contributed by atoms with Crippen LogP contribution in [-0.2, 0) is 28.4 Å². The first kappa shape index (κ1) is 25.2. The highest BCUT2D eigenvalue weighted by Crippen LogP contribution is 2.48. The fourth-order valence-corrected chi connectivity index (χ4v) is 4.31. The maximum atomic E-state index is 13.9. The zero-order valence-electron chi connectivity index (χ0n) is 19.3. The molecule has 2 heterocycles. The van der Waals surface area contributed by atoms with E-state index >= 15 is 0 Å². The minimum atomic E-state index is -0.618. The molecule has 3 rings (SSSR count). The standard InChI is InChI=1S/C22H35FN2O7/c1-15-16(2)20(31-13-28-10-8-26-3)21(32-14-29-11-9-27-4)19-18(15)25(19)12-30-17-6-5-7-24-22(17)23/h5-7,15-16,18-21H,8-14H2,1-4H3/t15-,16-,18+,19+,20+,21+,25?/m1/s1. The molecule has 1 aliphatic heterocycles. The summed E-state index contributed by atoms with van der Waals surface area (Å²) in [5.74, 6) is 0.0658. The van der Waals surface area contributed by atoms with E-state index in [0.717, 1.165) is 0 Å². The van der Waals surface area contributed by atoms with Gasteiger partial charge in [-0.3, -0.25) is 4.90 Å². The summed E-state index contributed by atoms with van der Waals surface area (Å²) in [5.41, 5.74) is 0. The van der Waals surface area contributed by atoms with Crippen molar-refractivity contribution >= 4 is 0 Å². The molecule has 2 fully saturated rings. The molecule has 0 N–H and O–H groups in total. The first-order valence-corrected chi connectivity index (χ1v) is 11.0. The summed E-state index contributed by atoms with van der Waals surface area (Å²) < 4.78 is 52.9. The summed E-state index contributed by atoms with van der Waals surface area (Å²) in [5, 5.41) is 0. The number of pyridine rings is 1. The van der Waals surface area contributed by atoms with E-state index in [-0.39, 0.29) is 56.3 Å². The Bertz CT molecular complexity index is 685. The first-order chi connectivity index (χ1) is 15.6. The molecule has 1 unspecified atom stereocenters. The van der Waals surface area contributed by atoms with Crippen molar-refractivity contribution < 1.29 is 37.5 Å². The lowest BCUT2D eigenvalue weighted by atomic mass is 9.78. The lowest BCUT2D eigenvalue weighted by molar-refractivity contribution is -0.195. The van der Waals surface area contributed by atoms with Crippen molar-refractivity contribution in [2.75, 3.05) is 61.0 Å². The van der Waals surface area contributed by atoms with Gasteiger partial charge in [0.2, 0.25) is 0 Å². The number of hydrogen-bond acceptors (Lipinski definition) is 9.